The summed E-state index contributed by atoms with van der Waals surface area (Å²) in [4.78, 5) is 20.7. The molecular formula is C16H34N2O5P+. The number of hydrogen-bond acceptors (Lipinski definition) is 4. The Labute approximate surface area is 146 Å². The highest BCUT2D eigenvalue weighted by molar-refractivity contribution is 7.47. The van der Waals surface area contributed by atoms with E-state index in [1.54, 1.807) is 0 Å². The van der Waals surface area contributed by atoms with E-state index in [-0.39, 0.29) is 19.1 Å². The molecule has 7 nitrogen and oxygen atoms in total. The van der Waals surface area contributed by atoms with Crippen molar-refractivity contribution in [1.29, 1.82) is 0 Å². The van der Waals surface area contributed by atoms with Gasteiger partial charge in [0.05, 0.1) is 27.2 Å². The lowest BCUT2D eigenvalue weighted by atomic mass is 10.2. The Bertz CT molecular complexity index is 415. The fraction of sp³-hybridized carbons (Fsp3) is 0.812. The van der Waals surface area contributed by atoms with Crippen molar-refractivity contribution in [3.05, 3.63) is 12.7 Å². The first-order valence-electron chi connectivity index (χ1n) is 8.56. The van der Waals surface area contributed by atoms with Crippen LogP contribution < -0.4 is 5.32 Å². The largest absolute Gasteiger partial charge is 0.472 e. The number of quaternary nitrogens is 1. The summed E-state index contributed by atoms with van der Waals surface area (Å²) < 4.78 is 22.4. The van der Waals surface area contributed by atoms with Crippen molar-refractivity contribution in [2.75, 3.05) is 46.9 Å². The number of rotatable bonds is 15. The number of amides is 1. The molecule has 0 heterocycles. The third kappa shape index (κ3) is 13.7. The first-order chi connectivity index (χ1) is 11.2. The van der Waals surface area contributed by atoms with Crippen LogP contribution in [0.15, 0.2) is 12.7 Å². The van der Waals surface area contributed by atoms with Gasteiger partial charge in [0.25, 0.3) is 0 Å². The molecule has 1 unspecified atom stereocenters. The van der Waals surface area contributed by atoms with Crippen molar-refractivity contribution in [2.24, 2.45) is 0 Å². The Hall–Kier alpha value is -0.720. The van der Waals surface area contributed by atoms with E-state index in [0.717, 1.165) is 38.6 Å². The van der Waals surface area contributed by atoms with Crippen LogP contribution in [0.2, 0.25) is 0 Å². The van der Waals surface area contributed by atoms with Gasteiger partial charge in [-0.2, -0.15) is 0 Å². The Morgan fingerprint density at radius 2 is 1.83 bits per heavy atom. The van der Waals surface area contributed by atoms with Crippen LogP contribution in [0.1, 0.15) is 39.0 Å². The Morgan fingerprint density at radius 3 is 2.46 bits per heavy atom. The van der Waals surface area contributed by atoms with Crippen molar-refractivity contribution in [1.82, 2.24) is 5.32 Å². The van der Waals surface area contributed by atoms with Gasteiger partial charge in [-0.3, -0.25) is 13.8 Å². The predicted molar refractivity (Wildman–Crippen MR) is 95.5 cm³/mol. The highest BCUT2D eigenvalue weighted by Crippen LogP contribution is 2.43. The minimum atomic E-state index is -3.95. The van der Waals surface area contributed by atoms with E-state index in [1.807, 2.05) is 14.1 Å². The molecule has 0 saturated carbocycles. The standard InChI is InChI=1S/C16H33N2O5P/c1-5-7-8-9-14-22-24(20,21)23-15-13-18(3,4)12-10-11-17-16(19)6-2/h6H,2,5,7-15H2,1,3-4H3,(H-,17,19,20,21)/p+1. The second-order valence-corrected chi connectivity index (χ2v) is 7.88. The molecule has 0 aromatic heterocycles. The molecule has 0 aliphatic heterocycles. The topological polar surface area (TPSA) is 84.9 Å². The van der Waals surface area contributed by atoms with Gasteiger partial charge < -0.3 is 14.7 Å². The van der Waals surface area contributed by atoms with Crippen molar-refractivity contribution in [3.63, 3.8) is 0 Å². The molecule has 0 aromatic rings. The minimum Gasteiger partial charge on any atom is -0.352 e. The lowest BCUT2D eigenvalue weighted by molar-refractivity contribution is -0.890. The first-order valence-corrected chi connectivity index (χ1v) is 10.1. The molecule has 1 amide bonds. The molecular weight excluding hydrogens is 331 g/mol. The summed E-state index contributed by atoms with van der Waals surface area (Å²) in [6, 6.07) is 0. The van der Waals surface area contributed by atoms with Crippen molar-refractivity contribution >= 4 is 13.7 Å². The lowest BCUT2D eigenvalue weighted by Crippen LogP contribution is -2.44. The van der Waals surface area contributed by atoms with Crippen LogP contribution in [0, 0.1) is 0 Å². The van der Waals surface area contributed by atoms with Crippen molar-refractivity contribution in [2.45, 2.75) is 39.0 Å². The van der Waals surface area contributed by atoms with E-state index in [0.29, 0.717) is 17.6 Å². The minimum absolute atomic E-state index is 0.148. The molecule has 142 valence electrons. The molecule has 0 saturated heterocycles. The first kappa shape index (κ1) is 23.3. The Balaban J connectivity index is 3.86. The summed E-state index contributed by atoms with van der Waals surface area (Å²) in [7, 11) is 0.0589. The Kier molecular flexibility index (Phi) is 12.2. The maximum absolute atomic E-state index is 11.7. The van der Waals surface area contributed by atoms with E-state index in [4.69, 9.17) is 9.05 Å². The zero-order valence-corrected chi connectivity index (χ0v) is 16.2. The summed E-state index contributed by atoms with van der Waals surface area (Å²) in [6.45, 7) is 7.86. The molecule has 0 radical (unpaired) electrons. The molecule has 0 spiro atoms. The highest BCUT2D eigenvalue weighted by Gasteiger charge is 2.23. The van der Waals surface area contributed by atoms with Crippen LogP contribution in [0.5, 0.6) is 0 Å². The fourth-order valence-electron chi connectivity index (χ4n) is 2.05. The molecule has 0 aromatic carbocycles. The smallest absolute Gasteiger partial charge is 0.352 e. The number of nitrogens with one attached hydrogen (secondary N) is 1. The zero-order valence-electron chi connectivity index (χ0n) is 15.3. The quantitative estimate of drug-likeness (QED) is 0.202. The van der Waals surface area contributed by atoms with Crippen LogP contribution in [-0.2, 0) is 18.4 Å². The maximum Gasteiger partial charge on any atom is 0.472 e. The highest BCUT2D eigenvalue weighted by atomic mass is 31.2. The second kappa shape index (κ2) is 12.6. The maximum atomic E-state index is 11.7. The van der Waals surface area contributed by atoms with Gasteiger partial charge in [0.15, 0.2) is 0 Å². The van der Waals surface area contributed by atoms with Gasteiger partial charge in [0.2, 0.25) is 5.91 Å². The van der Waals surface area contributed by atoms with E-state index < -0.39 is 7.82 Å². The number of likely N-dealkylation sites (N-methyl/N-ethyl adjacent to an activating group) is 1. The number of nitrogens with zero attached hydrogens (tertiary/aromatic N) is 1. The van der Waals surface area contributed by atoms with Gasteiger partial charge in [-0.1, -0.05) is 32.8 Å². The number of carbonyl (C=O) groups excluding carboxylic acids is 1. The van der Waals surface area contributed by atoms with Gasteiger partial charge in [-0.15, -0.1) is 0 Å². The van der Waals surface area contributed by atoms with Gasteiger partial charge in [0.1, 0.15) is 13.2 Å². The van der Waals surface area contributed by atoms with Gasteiger partial charge >= 0.3 is 7.82 Å². The second-order valence-electron chi connectivity index (χ2n) is 6.43. The van der Waals surface area contributed by atoms with E-state index in [2.05, 4.69) is 18.8 Å². The van der Waals surface area contributed by atoms with E-state index >= 15 is 0 Å². The van der Waals surface area contributed by atoms with Crippen LogP contribution in [0.3, 0.4) is 0 Å². The van der Waals surface area contributed by atoms with Crippen LogP contribution >= 0.6 is 7.82 Å². The van der Waals surface area contributed by atoms with Gasteiger partial charge in [-0.05, 0) is 12.5 Å². The molecule has 1 atom stereocenters. The van der Waals surface area contributed by atoms with Gasteiger partial charge in [0, 0.05) is 13.0 Å². The monoisotopic (exact) mass is 365 g/mol. The molecule has 8 heteroatoms. The molecule has 0 fully saturated rings. The van der Waals surface area contributed by atoms with Gasteiger partial charge in [-0.25, -0.2) is 4.57 Å². The molecule has 0 aliphatic carbocycles. The molecule has 24 heavy (non-hydrogen) atoms. The Morgan fingerprint density at radius 1 is 1.17 bits per heavy atom. The molecule has 0 rings (SSSR count). The summed E-state index contributed by atoms with van der Waals surface area (Å²) >= 11 is 0. The SMILES string of the molecule is C=CC(=O)NCCC[N+](C)(C)CCOP(=O)(O)OCCCCCC. The molecule has 0 aliphatic rings. The number of carbonyl (C=O) groups is 1. The zero-order chi connectivity index (χ0) is 18.5. The van der Waals surface area contributed by atoms with Crippen LogP contribution in [0.25, 0.3) is 0 Å². The number of phosphoric ester groups is 1. The van der Waals surface area contributed by atoms with Crippen molar-refractivity contribution in [3.8, 4) is 0 Å². The normalized spacial score (nSPS) is 14.2. The average Bonchev–Trinajstić information content (AvgIpc) is 2.50. The number of hydrogen-bond donors (Lipinski definition) is 2. The predicted octanol–water partition coefficient (Wildman–Crippen LogP) is 2.47. The molecule has 0 bridgehead atoms. The number of phosphoric acid groups is 1. The van der Waals surface area contributed by atoms with Crippen LogP contribution in [-0.4, -0.2) is 62.2 Å². The van der Waals surface area contributed by atoms with E-state index in [1.165, 1.54) is 6.08 Å². The third-order valence-electron chi connectivity index (χ3n) is 3.63. The van der Waals surface area contributed by atoms with E-state index in [9.17, 15) is 14.3 Å². The average molecular weight is 365 g/mol. The number of unbranched alkanes of at least 4 members (excludes halogenated alkanes) is 3. The fourth-order valence-corrected chi connectivity index (χ4v) is 2.80. The summed E-state index contributed by atoms with van der Waals surface area (Å²) in [6.07, 6.45) is 6.01. The molecule has 2 N–H and O–H groups in total. The lowest BCUT2D eigenvalue weighted by Gasteiger charge is -2.29. The summed E-state index contributed by atoms with van der Waals surface area (Å²) in [5.74, 6) is -0.180. The van der Waals surface area contributed by atoms with Crippen LogP contribution in [0.4, 0.5) is 0 Å². The van der Waals surface area contributed by atoms with Crippen molar-refractivity contribution < 1.29 is 27.8 Å². The summed E-state index contributed by atoms with van der Waals surface area (Å²) in [5, 5.41) is 2.72. The summed E-state index contributed by atoms with van der Waals surface area (Å²) in [5.41, 5.74) is 0. The third-order valence-corrected chi connectivity index (χ3v) is 4.65.